The SMILES string of the molecule is CCC(Oc1ccccc1)C(=O)NCCc1ccccc1. The number of benzene rings is 2. The van der Waals surface area contributed by atoms with Crippen molar-refractivity contribution in [3.63, 3.8) is 0 Å². The molecule has 0 aliphatic carbocycles. The van der Waals surface area contributed by atoms with Gasteiger partial charge in [0.15, 0.2) is 6.10 Å². The molecule has 0 bridgehead atoms. The molecule has 0 heterocycles. The molecule has 0 radical (unpaired) electrons. The van der Waals surface area contributed by atoms with Gasteiger partial charge in [-0.3, -0.25) is 4.79 Å². The number of rotatable bonds is 7. The molecule has 1 N–H and O–H groups in total. The van der Waals surface area contributed by atoms with E-state index in [1.165, 1.54) is 5.56 Å². The maximum Gasteiger partial charge on any atom is 0.261 e. The molecule has 1 atom stereocenters. The van der Waals surface area contributed by atoms with E-state index in [0.29, 0.717) is 13.0 Å². The smallest absolute Gasteiger partial charge is 0.261 e. The summed E-state index contributed by atoms with van der Waals surface area (Å²) in [5, 5.41) is 2.94. The van der Waals surface area contributed by atoms with E-state index in [4.69, 9.17) is 4.74 Å². The number of ether oxygens (including phenoxy) is 1. The first-order valence-corrected chi connectivity index (χ1v) is 7.33. The molecule has 0 aliphatic rings. The largest absolute Gasteiger partial charge is 0.481 e. The minimum atomic E-state index is -0.442. The first kappa shape index (κ1) is 15.1. The zero-order valence-corrected chi connectivity index (χ0v) is 12.3. The number of carbonyl (C=O) groups excluding carboxylic acids is 1. The Morgan fingerprint density at radius 3 is 2.29 bits per heavy atom. The van der Waals surface area contributed by atoms with Crippen molar-refractivity contribution in [2.45, 2.75) is 25.9 Å². The summed E-state index contributed by atoms with van der Waals surface area (Å²) in [5.74, 6) is 0.667. The molecule has 1 unspecified atom stereocenters. The van der Waals surface area contributed by atoms with Gasteiger partial charge in [0, 0.05) is 6.54 Å². The summed E-state index contributed by atoms with van der Waals surface area (Å²) in [6.07, 6.45) is 1.03. The van der Waals surface area contributed by atoms with Crippen LogP contribution in [0.1, 0.15) is 18.9 Å². The molecular formula is C18H21NO2. The molecule has 21 heavy (non-hydrogen) atoms. The average molecular weight is 283 g/mol. The molecule has 1 amide bonds. The summed E-state index contributed by atoms with van der Waals surface area (Å²) in [7, 11) is 0. The minimum Gasteiger partial charge on any atom is -0.481 e. The predicted octanol–water partition coefficient (Wildman–Crippen LogP) is 3.20. The number of hydrogen-bond donors (Lipinski definition) is 1. The van der Waals surface area contributed by atoms with Crippen LogP contribution in [-0.2, 0) is 11.2 Å². The Morgan fingerprint density at radius 2 is 1.67 bits per heavy atom. The van der Waals surface area contributed by atoms with Crippen molar-refractivity contribution in [2.24, 2.45) is 0 Å². The van der Waals surface area contributed by atoms with E-state index in [-0.39, 0.29) is 5.91 Å². The number of hydrogen-bond acceptors (Lipinski definition) is 2. The fraction of sp³-hybridized carbons (Fsp3) is 0.278. The first-order valence-electron chi connectivity index (χ1n) is 7.33. The molecule has 0 saturated heterocycles. The van der Waals surface area contributed by atoms with E-state index in [2.05, 4.69) is 17.4 Å². The molecule has 0 aliphatic heterocycles. The van der Waals surface area contributed by atoms with Gasteiger partial charge in [-0.25, -0.2) is 0 Å². The lowest BCUT2D eigenvalue weighted by atomic mass is 10.1. The third-order valence-electron chi connectivity index (χ3n) is 3.24. The number of para-hydroxylation sites is 1. The summed E-state index contributed by atoms with van der Waals surface area (Å²) in [5.41, 5.74) is 1.22. The zero-order valence-electron chi connectivity index (χ0n) is 12.3. The van der Waals surface area contributed by atoms with Crippen LogP contribution in [0.25, 0.3) is 0 Å². The van der Waals surface area contributed by atoms with Crippen molar-refractivity contribution in [2.75, 3.05) is 6.54 Å². The summed E-state index contributed by atoms with van der Waals surface area (Å²) in [4.78, 5) is 12.1. The van der Waals surface area contributed by atoms with E-state index in [1.807, 2.05) is 55.5 Å². The highest BCUT2D eigenvalue weighted by atomic mass is 16.5. The van der Waals surface area contributed by atoms with Crippen LogP contribution in [0, 0.1) is 0 Å². The second-order valence-corrected chi connectivity index (χ2v) is 4.85. The highest BCUT2D eigenvalue weighted by Gasteiger charge is 2.17. The van der Waals surface area contributed by atoms with Gasteiger partial charge in [-0.05, 0) is 30.5 Å². The van der Waals surface area contributed by atoms with Crippen molar-refractivity contribution in [3.05, 3.63) is 66.2 Å². The van der Waals surface area contributed by atoms with Crippen LogP contribution in [0.5, 0.6) is 5.75 Å². The topological polar surface area (TPSA) is 38.3 Å². The summed E-state index contributed by atoms with van der Waals surface area (Å²) >= 11 is 0. The molecule has 2 aromatic rings. The molecule has 2 aromatic carbocycles. The molecule has 0 spiro atoms. The van der Waals surface area contributed by atoms with Gasteiger partial charge in [-0.1, -0.05) is 55.5 Å². The van der Waals surface area contributed by atoms with Crippen LogP contribution in [0.2, 0.25) is 0 Å². The van der Waals surface area contributed by atoms with Gasteiger partial charge >= 0.3 is 0 Å². The lowest BCUT2D eigenvalue weighted by Crippen LogP contribution is -2.38. The molecule has 2 rings (SSSR count). The van der Waals surface area contributed by atoms with Crippen LogP contribution in [0.15, 0.2) is 60.7 Å². The molecular weight excluding hydrogens is 262 g/mol. The standard InChI is InChI=1S/C18H21NO2/c1-2-17(21-16-11-7-4-8-12-16)18(20)19-14-13-15-9-5-3-6-10-15/h3-12,17H,2,13-14H2,1H3,(H,19,20). The number of amides is 1. The number of nitrogens with one attached hydrogen (secondary N) is 1. The Kier molecular flexibility index (Phi) is 5.83. The van der Waals surface area contributed by atoms with Crippen LogP contribution in [-0.4, -0.2) is 18.6 Å². The van der Waals surface area contributed by atoms with Gasteiger partial charge < -0.3 is 10.1 Å². The Balaban J connectivity index is 1.80. The van der Waals surface area contributed by atoms with Gasteiger partial charge in [0.2, 0.25) is 0 Å². The van der Waals surface area contributed by atoms with Gasteiger partial charge in [-0.2, -0.15) is 0 Å². The highest BCUT2D eigenvalue weighted by Crippen LogP contribution is 2.12. The maximum absolute atomic E-state index is 12.1. The number of carbonyl (C=O) groups is 1. The van der Waals surface area contributed by atoms with Gasteiger partial charge in [0.25, 0.3) is 5.91 Å². The lowest BCUT2D eigenvalue weighted by Gasteiger charge is -2.17. The Bertz CT molecular complexity index is 540. The van der Waals surface area contributed by atoms with E-state index >= 15 is 0 Å². The quantitative estimate of drug-likeness (QED) is 0.847. The fourth-order valence-corrected chi connectivity index (χ4v) is 2.07. The first-order chi connectivity index (χ1) is 10.3. The van der Waals surface area contributed by atoms with E-state index < -0.39 is 6.10 Å². The van der Waals surface area contributed by atoms with E-state index in [0.717, 1.165) is 12.2 Å². The van der Waals surface area contributed by atoms with Crippen molar-refractivity contribution in [1.82, 2.24) is 5.32 Å². The molecule has 0 fully saturated rings. The van der Waals surface area contributed by atoms with Crippen molar-refractivity contribution < 1.29 is 9.53 Å². The Hall–Kier alpha value is -2.29. The normalized spacial score (nSPS) is 11.7. The second-order valence-electron chi connectivity index (χ2n) is 4.85. The lowest BCUT2D eigenvalue weighted by molar-refractivity contribution is -0.128. The third kappa shape index (κ3) is 4.95. The van der Waals surface area contributed by atoms with Gasteiger partial charge in [-0.15, -0.1) is 0 Å². The molecule has 3 nitrogen and oxygen atoms in total. The van der Waals surface area contributed by atoms with Crippen molar-refractivity contribution in [3.8, 4) is 5.75 Å². The average Bonchev–Trinajstić information content (AvgIpc) is 2.54. The second kappa shape index (κ2) is 8.10. The predicted molar refractivity (Wildman–Crippen MR) is 84.3 cm³/mol. The van der Waals surface area contributed by atoms with Gasteiger partial charge in [0.05, 0.1) is 0 Å². The van der Waals surface area contributed by atoms with Gasteiger partial charge in [0.1, 0.15) is 5.75 Å². The maximum atomic E-state index is 12.1. The van der Waals surface area contributed by atoms with Crippen molar-refractivity contribution >= 4 is 5.91 Å². The van der Waals surface area contributed by atoms with E-state index in [1.54, 1.807) is 0 Å². The van der Waals surface area contributed by atoms with Crippen LogP contribution in [0.4, 0.5) is 0 Å². The van der Waals surface area contributed by atoms with Crippen LogP contribution >= 0.6 is 0 Å². The van der Waals surface area contributed by atoms with Crippen LogP contribution in [0.3, 0.4) is 0 Å². The molecule has 110 valence electrons. The minimum absolute atomic E-state index is 0.0581. The molecule has 0 aromatic heterocycles. The zero-order chi connectivity index (χ0) is 14.9. The monoisotopic (exact) mass is 283 g/mol. The molecule has 0 saturated carbocycles. The summed E-state index contributed by atoms with van der Waals surface area (Å²) < 4.78 is 5.72. The highest BCUT2D eigenvalue weighted by molar-refractivity contribution is 5.81. The van der Waals surface area contributed by atoms with Crippen molar-refractivity contribution in [1.29, 1.82) is 0 Å². The van der Waals surface area contributed by atoms with Crippen LogP contribution < -0.4 is 10.1 Å². The fourth-order valence-electron chi connectivity index (χ4n) is 2.07. The van der Waals surface area contributed by atoms with E-state index in [9.17, 15) is 4.79 Å². The third-order valence-corrected chi connectivity index (χ3v) is 3.24. The molecule has 3 heteroatoms. The Labute approximate surface area is 126 Å². The summed E-state index contributed by atoms with van der Waals surface area (Å²) in [6.45, 7) is 2.57. The summed E-state index contributed by atoms with van der Waals surface area (Å²) in [6, 6.07) is 19.6. The Morgan fingerprint density at radius 1 is 1.05 bits per heavy atom.